The summed E-state index contributed by atoms with van der Waals surface area (Å²) in [6, 6.07) is 15.2. The number of benzene rings is 2. The Kier molecular flexibility index (Phi) is 2.61. The van der Waals surface area contributed by atoms with Crippen LogP contribution >= 0.6 is 0 Å². The molecule has 2 nitrogen and oxygen atoms in total. The summed E-state index contributed by atoms with van der Waals surface area (Å²) in [5.74, 6) is 1.42. The van der Waals surface area contributed by atoms with Crippen molar-refractivity contribution in [3.05, 3.63) is 48.0 Å². The third-order valence-electron chi connectivity index (χ3n) is 4.85. The molecule has 0 bridgehead atoms. The molecule has 3 aromatic rings. The lowest BCUT2D eigenvalue weighted by Gasteiger charge is -2.20. The van der Waals surface area contributed by atoms with E-state index in [1.165, 1.54) is 40.2 Å². The number of nitrogens with two attached hydrogens (primary N) is 1. The molecule has 0 saturated heterocycles. The van der Waals surface area contributed by atoms with Crippen LogP contribution in [0.4, 0.5) is 0 Å². The molecule has 2 aromatic carbocycles. The number of nitrogens with one attached hydrogen (secondary N) is 1. The molecular formula is C18H20N2. The molecule has 2 unspecified atom stereocenters. The lowest BCUT2D eigenvalue weighted by molar-refractivity contribution is 0.417. The van der Waals surface area contributed by atoms with Crippen LogP contribution in [0.2, 0.25) is 0 Å². The molecule has 2 atom stereocenters. The van der Waals surface area contributed by atoms with E-state index < -0.39 is 0 Å². The number of para-hydroxylation sites is 1. The van der Waals surface area contributed by atoms with Gasteiger partial charge in [0, 0.05) is 27.8 Å². The van der Waals surface area contributed by atoms with Crippen LogP contribution in [0.3, 0.4) is 0 Å². The Morgan fingerprint density at radius 3 is 2.60 bits per heavy atom. The van der Waals surface area contributed by atoms with Crippen LogP contribution in [0.25, 0.3) is 21.8 Å². The molecule has 0 aliphatic heterocycles. The first-order valence-electron chi connectivity index (χ1n) is 7.50. The van der Waals surface area contributed by atoms with Crippen molar-refractivity contribution >= 4 is 21.8 Å². The Labute approximate surface area is 119 Å². The second-order valence-corrected chi connectivity index (χ2v) is 6.20. The fourth-order valence-electron chi connectivity index (χ4n) is 3.29. The molecule has 1 aliphatic carbocycles. The van der Waals surface area contributed by atoms with Crippen molar-refractivity contribution in [1.82, 2.24) is 4.98 Å². The average Bonchev–Trinajstić information content (AvgIpc) is 3.26. The van der Waals surface area contributed by atoms with Crippen LogP contribution in [0.1, 0.15) is 31.4 Å². The van der Waals surface area contributed by atoms with Crippen molar-refractivity contribution in [3.8, 4) is 0 Å². The fourth-order valence-corrected chi connectivity index (χ4v) is 3.29. The lowest BCUT2D eigenvalue weighted by Crippen LogP contribution is -2.20. The van der Waals surface area contributed by atoms with Gasteiger partial charge in [-0.2, -0.15) is 0 Å². The van der Waals surface area contributed by atoms with Gasteiger partial charge in [-0.05, 0) is 48.4 Å². The van der Waals surface area contributed by atoms with Crippen LogP contribution in [0, 0.1) is 11.8 Å². The summed E-state index contributed by atoms with van der Waals surface area (Å²) in [5.41, 5.74) is 10.1. The summed E-state index contributed by atoms with van der Waals surface area (Å²) in [5, 5.41) is 2.58. The van der Waals surface area contributed by atoms with E-state index in [-0.39, 0.29) is 6.04 Å². The predicted octanol–water partition coefficient (Wildman–Crippen LogP) is 4.37. The van der Waals surface area contributed by atoms with Crippen LogP contribution in [-0.2, 0) is 0 Å². The molecule has 0 amide bonds. The van der Waals surface area contributed by atoms with Gasteiger partial charge in [-0.1, -0.05) is 31.2 Å². The van der Waals surface area contributed by atoms with Gasteiger partial charge in [-0.3, -0.25) is 0 Å². The molecule has 2 heteroatoms. The van der Waals surface area contributed by atoms with Crippen LogP contribution in [-0.4, -0.2) is 4.98 Å². The normalized spacial score (nSPS) is 18.5. The standard InChI is InChI=1S/C18H20N2/c1-11(12-6-7-12)18(19)13-8-9-17-15(10-13)14-4-2-3-5-16(14)20-17/h2-5,8-12,18,20H,6-7,19H2,1H3. The average molecular weight is 264 g/mol. The van der Waals surface area contributed by atoms with Crippen LogP contribution in [0.15, 0.2) is 42.5 Å². The van der Waals surface area contributed by atoms with Gasteiger partial charge in [0.15, 0.2) is 0 Å². The van der Waals surface area contributed by atoms with E-state index in [1.54, 1.807) is 0 Å². The molecule has 1 aromatic heterocycles. The van der Waals surface area contributed by atoms with E-state index in [0.29, 0.717) is 5.92 Å². The number of hydrogen-bond donors (Lipinski definition) is 2. The van der Waals surface area contributed by atoms with Crippen molar-refractivity contribution < 1.29 is 0 Å². The Hall–Kier alpha value is -1.80. The van der Waals surface area contributed by atoms with Gasteiger partial charge in [0.25, 0.3) is 0 Å². The third-order valence-corrected chi connectivity index (χ3v) is 4.85. The smallest absolute Gasteiger partial charge is 0.0465 e. The SMILES string of the molecule is CC(C1CC1)C(N)c1ccc2[nH]c3ccccc3c2c1. The van der Waals surface area contributed by atoms with Gasteiger partial charge in [0.1, 0.15) is 0 Å². The number of aromatic amines is 1. The van der Waals surface area contributed by atoms with E-state index in [0.717, 1.165) is 5.92 Å². The van der Waals surface area contributed by atoms with Gasteiger partial charge in [-0.15, -0.1) is 0 Å². The van der Waals surface area contributed by atoms with Crippen molar-refractivity contribution in [1.29, 1.82) is 0 Å². The second kappa shape index (κ2) is 4.35. The van der Waals surface area contributed by atoms with Gasteiger partial charge in [0.2, 0.25) is 0 Å². The van der Waals surface area contributed by atoms with Gasteiger partial charge in [0.05, 0.1) is 0 Å². The van der Waals surface area contributed by atoms with Crippen molar-refractivity contribution in [2.24, 2.45) is 17.6 Å². The summed E-state index contributed by atoms with van der Waals surface area (Å²) in [4.78, 5) is 3.47. The monoisotopic (exact) mass is 264 g/mol. The van der Waals surface area contributed by atoms with Crippen LogP contribution < -0.4 is 5.73 Å². The van der Waals surface area contributed by atoms with Crippen molar-refractivity contribution in [3.63, 3.8) is 0 Å². The van der Waals surface area contributed by atoms with Gasteiger partial charge in [-0.25, -0.2) is 0 Å². The third kappa shape index (κ3) is 1.83. The molecule has 1 heterocycles. The van der Waals surface area contributed by atoms with E-state index in [1.807, 2.05) is 0 Å². The van der Waals surface area contributed by atoms with Gasteiger partial charge >= 0.3 is 0 Å². The van der Waals surface area contributed by atoms with Crippen LogP contribution in [0.5, 0.6) is 0 Å². The number of aromatic nitrogens is 1. The molecule has 102 valence electrons. The maximum absolute atomic E-state index is 6.47. The largest absolute Gasteiger partial charge is 0.355 e. The molecule has 20 heavy (non-hydrogen) atoms. The maximum atomic E-state index is 6.47. The van der Waals surface area contributed by atoms with Gasteiger partial charge < -0.3 is 10.7 Å². The minimum Gasteiger partial charge on any atom is -0.355 e. The molecule has 0 radical (unpaired) electrons. The first-order valence-corrected chi connectivity index (χ1v) is 7.50. The minimum absolute atomic E-state index is 0.153. The quantitative estimate of drug-likeness (QED) is 0.724. The second-order valence-electron chi connectivity index (χ2n) is 6.20. The van der Waals surface area contributed by atoms with Crippen molar-refractivity contribution in [2.45, 2.75) is 25.8 Å². The molecule has 4 rings (SSSR count). The topological polar surface area (TPSA) is 41.8 Å². The zero-order valence-electron chi connectivity index (χ0n) is 11.8. The number of H-pyrrole nitrogens is 1. The van der Waals surface area contributed by atoms with Crippen molar-refractivity contribution in [2.75, 3.05) is 0 Å². The number of hydrogen-bond acceptors (Lipinski definition) is 1. The highest BCUT2D eigenvalue weighted by Gasteiger charge is 2.32. The molecule has 0 spiro atoms. The fraction of sp³-hybridized carbons (Fsp3) is 0.333. The van der Waals surface area contributed by atoms with E-state index in [4.69, 9.17) is 5.73 Å². The molecule has 1 saturated carbocycles. The van der Waals surface area contributed by atoms with E-state index in [9.17, 15) is 0 Å². The molecule has 3 N–H and O–H groups in total. The highest BCUT2D eigenvalue weighted by atomic mass is 14.7. The zero-order chi connectivity index (χ0) is 13.7. The molecule has 1 aliphatic rings. The summed E-state index contributed by atoms with van der Waals surface area (Å²) < 4.78 is 0. The Morgan fingerprint density at radius 1 is 1.05 bits per heavy atom. The summed E-state index contributed by atoms with van der Waals surface area (Å²) in [7, 11) is 0. The highest BCUT2D eigenvalue weighted by molar-refractivity contribution is 6.07. The highest BCUT2D eigenvalue weighted by Crippen LogP contribution is 2.42. The first kappa shape index (κ1) is 12.0. The Balaban J connectivity index is 1.82. The minimum atomic E-state index is 0.153. The summed E-state index contributed by atoms with van der Waals surface area (Å²) in [6.07, 6.45) is 2.70. The van der Waals surface area contributed by atoms with E-state index in [2.05, 4.69) is 54.4 Å². The predicted molar refractivity (Wildman–Crippen MR) is 84.6 cm³/mol. The Morgan fingerprint density at radius 2 is 1.80 bits per heavy atom. The summed E-state index contributed by atoms with van der Waals surface area (Å²) >= 11 is 0. The number of fused-ring (bicyclic) bond motifs is 3. The maximum Gasteiger partial charge on any atom is 0.0465 e. The zero-order valence-corrected chi connectivity index (χ0v) is 11.8. The lowest BCUT2D eigenvalue weighted by atomic mass is 9.91. The summed E-state index contributed by atoms with van der Waals surface area (Å²) in [6.45, 7) is 2.29. The molecular weight excluding hydrogens is 244 g/mol. The first-order chi connectivity index (χ1) is 9.74. The number of rotatable bonds is 3. The molecule has 1 fully saturated rings. The van der Waals surface area contributed by atoms with E-state index >= 15 is 0 Å². The Bertz CT molecular complexity index is 767.